The highest BCUT2D eigenvalue weighted by atomic mass is 16.5. The van der Waals surface area contributed by atoms with Crippen molar-refractivity contribution in [2.75, 3.05) is 6.61 Å². The molecule has 0 unspecified atom stereocenters. The Kier molecular flexibility index (Phi) is 5.30. The monoisotopic (exact) mass is 250 g/mol. The molecule has 0 fully saturated rings. The van der Waals surface area contributed by atoms with Crippen molar-refractivity contribution >= 4 is 11.9 Å². The first-order chi connectivity index (χ1) is 8.50. The van der Waals surface area contributed by atoms with Crippen LogP contribution in [0.5, 0.6) is 0 Å². The smallest absolute Gasteiger partial charge is 0.357 e. The number of hydrogen-bond donors (Lipinski definition) is 1. The van der Waals surface area contributed by atoms with Crippen LogP contribution in [0.15, 0.2) is 24.4 Å². The fourth-order valence-corrected chi connectivity index (χ4v) is 1.15. The Labute approximate surface area is 107 Å². The van der Waals surface area contributed by atoms with Gasteiger partial charge in [-0.2, -0.15) is 0 Å². The summed E-state index contributed by atoms with van der Waals surface area (Å²) in [6.45, 7) is 5.63. The molecule has 0 saturated heterocycles. The Hall–Kier alpha value is -1.91. The van der Waals surface area contributed by atoms with Crippen LogP contribution < -0.4 is 5.32 Å². The minimum Gasteiger partial charge on any atom is -0.451 e. The molecule has 98 valence electrons. The number of hydrogen-bond acceptors (Lipinski definition) is 4. The summed E-state index contributed by atoms with van der Waals surface area (Å²) in [5.41, 5.74) is 0.196. The van der Waals surface area contributed by atoms with E-state index in [-0.39, 0.29) is 24.2 Å². The van der Waals surface area contributed by atoms with Gasteiger partial charge in [0.2, 0.25) is 0 Å². The van der Waals surface area contributed by atoms with Gasteiger partial charge in [-0.15, -0.1) is 0 Å². The molecular weight excluding hydrogens is 232 g/mol. The van der Waals surface area contributed by atoms with Crippen LogP contribution >= 0.6 is 0 Å². The van der Waals surface area contributed by atoms with Crippen LogP contribution in [0.2, 0.25) is 0 Å². The molecular formula is C13H18N2O3. The lowest BCUT2D eigenvalue weighted by Gasteiger charge is -2.17. The van der Waals surface area contributed by atoms with Gasteiger partial charge in [0.1, 0.15) is 5.69 Å². The van der Waals surface area contributed by atoms with Crippen LogP contribution in [0.3, 0.4) is 0 Å². The van der Waals surface area contributed by atoms with Gasteiger partial charge >= 0.3 is 5.97 Å². The van der Waals surface area contributed by atoms with Gasteiger partial charge in [0.15, 0.2) is 6.61 Å². The van der Waals surface area contributed by atoms with E-state index >= 15 is 0 Å². The zero-order valence-electron chi connectivity index (χ0n) is 10.8. The molecule has 1 N–H and O–H groups in total. The Balaban J connectivity index is 2.37. The van der Waals surface area contributed by atoms with Crippen LogP contribution in [-0.2, 0) is 9.53 Å². The van der Waals surface area contributed by atoms with Crippen LogP contribution in [0, 0.1) is 5.92 Å². The maximum atomic E-state index is 11.5. The third kappa shape index (κ3) is 4.53. The standard InChI is InChI=1S/C13H18N2O3/c1-9(2)10(3)15-12(16)8-18-13(17)11-6-4-5-7-14-11/h4-7,9-10H,8H2,1-3H3,(H,15,16)/t10-/m0/s1. The van der Waals surface area contributed by atoms with Crippen molar-refractivity contribution in [3.63, 3.8) is 0 Å². The largest absolute Gasteiger partial charge is 0.451 e. The van der Waals surface area contributed by atoms with Gasteiger partial charge in [0.25, 0.3) is 5.91 Å². The van der Waals surface area contributed by atoms with E-state index in [1.54, 1.807) is 12.1 Å². The molecule has 0 radical (unpaired) electrons. The predicted molar refractivity (Wildman–Crippen MR) is 67.0 cm³/mol. The molecule has 1 aromatic rings. The number of carbonyl (C=O) groups excluding carboxylic acids is 2. The molecule has 0 aliphatic heterocycles. The quantitative estimate of drug-likeness (QED) is 0.802. The molecule has 0 spiro atoms. The highest BCUT2D eigenvalue weighted by Crippen LogP contribution is 2.00. The van der Waals surface area contributed by atoms with Gasteiger partial charge in [0, 0.05) is 12.2 Å². The molecule has 5 heteroatoms. The molecule has 5 nitrogen and oxygen atoms in total. The SMILES string of the molecule is CC(C)[C@H](C)NC(=O)COC(=O)c1ccccn1. The van der Waals surface area contributed by atoms with E-state index < -0.39 is 5.97 Å². The minimum atomic E-state index is -0.594. The number of aromatic nitrogens is 1. The number of nitrogens with one attached hydrogen (secondary N) is 1. The summed E-state index contributed by atoms with van der Waals surface area (Å²) in [4.78, 5) is 26.8. The summed E-state index contributed by atoms with van der Waals surface area (Å²) >= 11 is 0. The number of esters is 1. The van der Waals surface area contributed by atoms with Crippen molar-refractivity contribution in [3.05, 3.63) is 30.1 Å². The number of rotatable bonds is 5. The first-order valence-corrected chi connectivity index (χ1v) is 5.88. The molecule has 18 heavy (non-hydrogen) atoms. The van der Waals surface area contributed by atoms with E-state index in [1.165, 1.54) is 12.3 Å². The minimum absolute atomic E-state index is 0.0473. The molecule has 1 heterocycles. The normalized spacial score (nSPS) is 12.0. The molecule has 0 saturated carbocycles. The summed E-state index contributed by atoms with van der Waals surface area (Å²) in [5, 5.41) is 2.75. The third-order valence-electron chi connectivity index (χ3n) is 2.60. The highest BCUT2D eigenvalue weighted by Gasteiger charge is 2.14. The van der Waals surface area contributed by atoms with Crippen molar-refractivity contribution in [2.24, 2.45) is 5.92 Å². The van der Waals surface area contributed by atoms with Crippen LogP contribution in [0.4, 0.5) is 0 Å². The summed E-state index contributed by atoms with van der Waals surface area (Å²) < 4.78 is 4.86. The second-order valence-corrected chi connectivity index (χ2v) is 4.39. The van der Waals surface area contributed by atoms with E-state index in [1.807, 2.05) is 20.8 Å². The van der Waals surface area contributed by atoms with Gasteiger partial charge < -0.3 is 10.1 Å². The van der Waals surface area contributed by atoms with Crippen molar-refractivity contribution in [1.82, 2.24) is 10.3 Å². The highest BCUT2D eigenvalue weighted by molar-refractivity contribution is 5.89. The molecule has 1 atom stereocenters. The number of carbonyl (C=O) groups is 2. The second-order valence-electron chi connectivity index (χ2n) is 4.39. The van der Waals surface area contributed by atoms with Crippen molar-refractivity contribution in [2.45, 2.75) is 26.8 Å². The number of pyridine rings is 1. The zero-order valence-corrected chi connectivity index (χ0v) is 10.8. The Morgan fingerprint density at radius 2 is 2.06 bits per heavy atom. The van der Waals surface area contributed by atoms with E-state index in [0.29, 0.717) is 5.92 Å². The topological polar surface area (TPSA) is 68.3 Å². The maximum absolute atomic E-state index is 11.5. The fraction of sp³-hybridized carbons (Fsp3) is 0.462. The Morgan fingerprint density at radius 3 is 2.61 bits per heavy atom. The molecule has 1 rings (SSSR count). The Bertz CT molecular complexity index is 404. The summed E-state index contributed by atoms with van der Waals surface area (Å²) in [6, 6.07) is 4.97. The Morgan fingerprint density at radius 1 is 1.33 bits per heavy atom. The van der Waals surface area contributed by atoms with Gasteiger partial charge in [0.05, 0.1) is 0 Å². The molecule has 0 aliphatic rings. The summed E-state index contributed by atoms with van der Waals surface area (Å²) in [7, 11) is 0. The van der Waals surface area contributed by atoms with E-state index in [0.717, 1.165) is 0 Å². The van der Waals surface area contributed by atoms with Crippen molar-refractivity contribution in [3.8, 4) is 0 Å². The van der Waals surface area contributed by atoms with Crippen LogP contribution in [0.1, 0.15) is 31.3 Å². The van der Waals surface area contributed by atoms with Crippen LogP contribution in [0.25, 0.3) is 0 Å². The molecule has 1 aromatic heterocycles. The van der Waals surface area contributed by atoms with Crippen molar-refractivity contribution < 1.29 is 14.3 Å². The van der Waals surface area contributed by atoms with Gasteiger partial charge in [-0.3, -0.25) is 4.79 Å². The maximum Gasteiger partial charge on any atom is 0.357 e. The third-order valence-corrected chi connectivity index (χ3v) is 2.60. The molecule has 1 amide bonds. The second kappa shape index (κ2) is 6.74. The average Bonchev–Trinajstić information content (AvgIpc) is 2.36. The molecule has 0 bridgehead atoms. The summed E-state index contributed by atoms with van der Waals surface area (Å²) in [5.74, 6) is -0.566. The number of ether oxygens (including phenoxy) is 1. The zero-order chi connectivity index (χ0) is 13.5. The fourth-order valence-electron chi connectivity index (χ4n) is 1.15. The lowest BCUT2D eigenvalue weighted by molar-refractivity contribution is -0.125. The van der Waals surface area contributed by atoms with Gasteiger partial charge in [-0.25, -0.2) is 9.78 Å². The lowest BCUT2D eigenvalue weighted by atomic mass is 10.1. The summed E-state index contributed by atoms with van der Waals surface area (Å²) in [6.07, 6.45) is 1.50. The van der Waals surface area contributed by atoms with E-state index in [2.05, 4.69) is 10.3 Å². The average molecular weight is 250 g/mol. The van der Waals surface area contributed by atoms with Gasteiger partial charge in [-0.05, 0) is 25.0 Å². The van der Waals surface area contributed by atoms with E-state index in [4.69, 9.17) is 4.74 Å². The number of amides is 1. The van der Waals surface area contributed by atoms with E-state index in [9.17, 15) is 9.59 Å². The van der Waals surface area contributed by atoms with Gasteiger partial charge in [-0.1, -0.05) is 19.9 Å². The lowest BCUT2D eigenvalue weighted by Crippen LogP contribution is -2.38. The number of nitrogens with zero attached hydrogens (tertiary/aromatic N) is 1. The van der Waals surface area contributed by atoms with Crippen molar-refractivity contribution in [1.29, 1.82) is 0 Å². The molecule has 0 aromatic carbocycles. The first kappa shape index (κ1) is 14.2. The predicted octanol–water partition coefficient (Wildman–Crippen LogP) is 1.40. The molecule has 0 aliphatic carbocycles. The first-order valence-electron chi connectivity index (χ1n) is 5.88. The van der Waals surface area contributed by atoms with Crippen LogP contribution in [-0.4, -0.2) is 29.5 Å².